The Morgan fingerprint density at radius 3 is 2.56 bits per heavy atom. The van der Waals surface area contributed by atoms with Crippen molar-refractivity contribution < 1.29 is 14.5 Å². The molecule has 0 aliphatic carbocycles. The molecule has 0 spiro atoms. The highest BCUT2D eigenvalue weighted by Crippen LogP contribution is 2.43. The monoisotopic (exact) mass is 341 g/mol. The number of hydrogen-bond donors (Lipinski definition) is 1. The van der Waals surface area contributed by atoms with Crippen molar-refractivity contribution >= 4 is 17.5 Å². The van der Waals surface area contributed by atoms with Crippen molar-refractivity contribution in [3.8, 4) is 0 Å². The highest BCUT2D eigenvalue weighted by atomic mass is 16.6. The van der Waals surface area contributed by atoms with Crippen LogP contribution in [0.1, 0.15) is 25.8 Å². The third-order valence-corrected chi connectivity index (χ3v) is 4.55. The molecule has 0 saturated carbocycles. The molecule has 0 amide bonds. The fourth-order valence-electron chi connectivity index (χ4n) is 3.13. The number of pyridine rings is 1. The molecule has 7 heteroatoms. The van der Waals surface area contributed by atoms with Crippen LogP contribution < -0.4 is 5.32 Å². The molecule has 1 aromatic heterocycles. The van der Waals surface area contributed by atoms with E-state index >= 15 is 0 Å². The number of cyclic esters (lactones) is 1. The van der Waals surface area contributed by atoms with Gasteiger partial charge in [0.15, 0.2) is 0 Å². The van der Waals surface area contributed by atoms with E-state index in [1.165, 1.54) is 12.1 Å². The van der Waals surface area contributed by atoms with E-state index in [1.807, 2.05) is 44.2 Å². The molecular weight excluding hydrogens is 322 g/mol. The van der Waals surface area contributed by atoms with Gasteiger partial charge in [0.1, 0.15) is 23.7 Å². The number of hydrogen-bond acceptors (Lipinski definition) is 6. The molecule has 1 aromatic carbocycles. The second-order valence-electron chi connectivity index (χ2n) is 6.39. The summed E-state index contributed by atoms with van der Waals surface area (Å²) in [5.74, 6) is 0.147. The third kappa shape index (κ3) is 3.17. The Balaban J connectivity index is 1.82. The molecule has 0 bridgehead atoms. The van der Waals surface area contributed by atoms with Crippen LogP contribution >= 0.6 is 0 Å². The minimum atomic E-state index is -0.698. The minimum Gasteiger partial charge on any atom is -0.452 e. The van der Waals surface area contributed by atoms with E-state index in [1.54, 1.807) is 0 Å². The highest BCUT2D eigenvalue weighted by Gasteiger charge is 2.50. The van der Waals surface area contributed by atoms with Crippen LogP contribution in [0.3, 0.4) is 0 Å². The van der Waals surface area contributed by atoms with Crippen LogP contribution in [0.2, 0.25) is 0 Å². The molecule has 2 aromatic rings. The van der Waals surface area contributed by atoms with Crippen LogP contribution in [-0.4, -0.2) is 21.9 Å². The van der Waals surface area contributed by atoms with Gasteiger partial charge in [0, 0.05) is 12.5 Å². The second-order valence-corrected chi connectivity index (χ2v) is 6.39. The van der Waals surface area contributed by atoms with Gasteiger partial charge in [0.05, 0.1) is 4.92 Å². The molecule has 2 heterocycles. The molecule has 130 valence electrons. The number of anilines is 1. The van der Waals surface area contributed by atoms with Gasteiger partial charge in [0.2, 0.25) is 0 Å². The van der Waals surface area contributed by atoms with E-state index < -0.39 is 16.6 Å². The second kappa shape index (κ2) is 6.51. The predicted octanol–water partition coefficient (Wildman–Crippen LogP) is 3.27. The van der Waals surface area contributed by atoms with Crippen molar-refractivity contribution in [1.29, 1.82) is 0 Å². The van der Waals surface area contributed by atoms with Crippen LogP contribution in [0.4, 0.5) is 11.5 Å². The van der Waals surface area contributed by atoms with Crippen molar-refractivity contribution in [2.24, 2.45) is 5.92 Å². The van der Waals surface area contributed by atoms with Crippen LogP contribution in [-0.2, 0) is 15.1 Å². The van der Waals surface area contributed by atoms with Crippen molar-refractivity contribution in [3.05, 3.63) is 64.3 Å². The average Bonchev–Trinajstić information content (AvgIpc) is 2.94. The molecule has 1 aliphatic rings. The van der Waals surface area contributed by atoms with Crippen molar-refractivity contribution in [2.45, 2.75) is 31.9 Å². The topological polar surface area (TPSA) is 94.4 Å². The first-order valence-electron chi connectivity index (χ1n) is 8.08. The maximum Gasteiger partial charge on any atom is 0.329 e. The van der Waals surface area contributed by atoms with Crippen LogP contribution in [0, 0.1) is 16.0 Å². The summed E-state index contributed by atoms with van der Waals surface area (Å²) >= 11 is 0. The highest BCUT2D eigenvalue weighted by molar-refractivity contribution is 5.82. The van der Waals surface area contributed by atoms with Gasteiger partial charge in [-0.2, -0.15) is 0 Å². The summed E-state index contributed by atoms with van der Waals surface area (Å²) in [7, 11) is 0. The summed E-state index contributed by atoms with van der Waals surface area (Å²) in [6.07, 6.45) is 1.63. The number of nitro groups is 1. The summed E-state index contributed by atoms with van der Waals surface area (Å²) in [4.78, 5) is 26.6. The average molecular weight is 341 g/mol. The zero-order chi connectivity index (χ0) is 18.0. The number of rotatable bonds is 5. The van der Waals surface area contributed by atoms with Gasteiger partial charge in [-0.05, 0) is 17.5 Å². The summed E-state index contributed by atoms with van der Waals surface area (Å²) < 4.78 is 5.81. The molecule has 3 rings (SSSR count). The lowest BCUT2D eigenvalue weighted by Gasteiger charge is -2.32. The number of nitrogens with one attached hydrogen (secondary N) is 1. The van der Waals surface area contributed by atoms with Gasteiger partial charge < -0.3 is 10.1 Å². The first-order valence-corrected chi connectivity index (χ1v) is 8.08. The first kappa shape index (κ1) is 16.9. The van der Waals surface area contributed by atoms with E-state index in [0.717, 1.165) is 11.8 Å². The van der Waals surface area contributed by atoms with Gasteiger partial charge in [-0.15, -0.1) is 0 Å². The Morgan fingerprint density at radius 1 is 1.28 bits per heavy atom. The van der Waals surface area contributed by atoms with Gasteiger partial charge in [0.25, 0.3) is 5.69 Å². The molecule has 7 nitrogen and oxygen atoms in total. The predicted molar refractivity (Wildman–Crippen MR) is 92.0 cm³/mol. The molecule has 1 N–H and O–H groups in total. The van der Waals surface area contributed by atoms with Crippen LogP contribution in [0.5, 0.6) is 0 Å². The summed E-state index contributed by atoms with van der Waals surface area (Å²) in [6.45, 7) is 4.04. The number of carbonyl (C=O) groups excluding carboxylic acids is 1. The Labute approximate surface area is 145 Å². The maximum atomic E-state index is 12.4. The lowest BCUT2D eigenvalue weighted by Crippen LogP contribution is -2.32. The van der Waals surface area contributed by atoms with Crippen LogP contribution in [0.25, 0.3) is 0 Å². The Morgan fingerprint density at radius 2 is 2.00 bits per heavy atom. The third-order valence-electron chi connectivity index (χ3n) is 4.55. The normalized spacial score (nSPS) is 22.7. The van der Waals surface area contributed by atoms with Gasteiger partial charge in [-0.1, -0.05) is 44.2 Å². The molecular formula is C18H19N3O4. The van der Waals surface area contributed by atoms with Crippen molar-refractivity contribution in [3.63, 3.8) is 0 Å². The summed E-state index contributed by atoms with van der Waals surface area (Å²) in [6, 6.07) is 12.0. The lowest BCUT2D eigenvalue weighted by molar-refractivity contribution is -0.385. The first-order chi connectivity index (χ1) is 11.9. The molecule has 2 unspecified atom stereocenters. The zero-order valence-corrected chi connectivity index (χ0v) is 14.0. The number of ether oxygens (including phenoxy) is 1. The quantitative estimate of drug-likeness (QED) is 0.509. The molecule has 0 radical (unpaired) electrons. The van der Waals surface area contributed by atoms with Crippen molar-refractivity contribution in [1.82, 2.24) is 4.98 Å². The summed E-state index contributed by atoms with van der Waals surface area (Å²) in [5.41, 5.74) is 0.163. The number of carbonyl (C=O) groups is 1. The van der Waals surface area contributed by atoms with Crippen molar-refractivity contribution in [2.75, 3.05) is 5.32 Å². The van der Waals surface area contributed by atoms with Gasteiger partial charge in [-0.3, -0.25) is 10.1 Å². The summed E-state index contributed by atoms with van der Waals surface area (Å²) in [5, 5.41) is 13.7. The SMILES string of the molecule is CC(C)C1(c2ccccc2)CC(Nc2ccc([N+](=O)[O-])cn2)C(=O)O1. The molecule has 1 fully saturated rings. The Hall–Kier alpha value is -2.96. The number of nitrogens with zero attached hydrogens (tertiary/aromatic N) is 2. The molecule has 2 atom stereocenters. The fourth-order valence-corrected chi connectivity index (χ4v) is 3.13. The standard InChI is InChI=1S/C18H19N3O4/c1-12(2)18(13-6-4-3-5-7-13)10-15(17(22)25-18)20-16-9-8-14(11-19-16)21(23)24/h3-9,11-12,15H,10H2,1-2H3,(H,19,20). The maximum absolute atomic E-state index is 12.4. The molecule has 1 aliphatic heterocycles. The number of benzene rings is 1. The van der Waals surface area contributed by atoms with E-state index in [0.29, 0.717) is 12.2 Å². The van der Waals surface area contributed by atoms with Gasteiger partial charge in [-0.25, -0.2) is 9.78 Å². The Kier molecular flexibility index (Phi) is 4.39. The minimum absolute atomic E-state index is 0.0930. The number of aromatic nitrogens is 1. The molecule has 1 saturated heterocycles. The fraction of sp³-hybridized carbons (Fsp3) is 0.333. The van der Waals surface area contributed by atoms with E-state index in [4.69, 9.17) is 4.74 Å². The number of esters is 1. The van der Waals surface area contributed by atoms with E-state index in [-0.39, 0.29) is 17.6 Å². The van der Waals surface area contributed by atoms with E-state index in [9.17, 15) is 14.9 Å². The molecule has 25 heavy (non-hydrogen) atoms. The van der Waals surface area contributed by atoms with Gasteiger partial charge >= 0.3 is 5.97 Å². The lowest BCUT2D eigenvalue weighted by atomic mass is 9.80. The zero-order valence-electron chi connectivity index (χ0n) is 14.0. The Bertz CT molecular complexity index is 777. The largest absolute Gasteiger partial charge is 0.452 e. The van der Waals surface area contributed by atoms with Crippen LogP contribution in [0.15, 0.2) is 48.7 Å². The van der Waals surface area contributed by atoms with E-state index in [2.05, 4.69) is 10.3 Å². The smallest absolute Gasteiger partial charge is 0.329 e.